The van der Waals surface area contributed by atoms with E-state index < -0.39 is 7.92 Å². The van der Waals surface area contributed by atoms with Gasteiger partial charge in [-0.3, -0.25) is 0 Å². The van der Waals surface area contributed by atoms with Crippen LogP contribution in [0.15, 0.2) is 54.6 Å². The monoisotopic (exact) mass is 421 g/mol. The number of ether oxygens (including phenoxy) is 1. The number of benzene rings is 3. The first-order valence-corrected chi connectivity index (χ1v) is 11.6. The number of hydrogen-bond donors (Lipinski definition) is 2. The summed E-state index contributed by atoms with van der Waals surface area (Å²) in [5, 5.41) is 18.1. The molecule has 0 saturated carbocycles. The van der Waals surface area contributed by atoms with Gasteiger partial charge in [-0.25, -0.2) is 0 Å². The first kappa shape index (κ1) is 22.2. The molecule has 3 nitrogen and oxygen atoms in total. The Morgan fingerprint density at radius 2 is 1.47 bits per heavy atom. The number of nitrogens with one attached hydrogen (secondary N) is 1. The predicted molar refractivity (Wildman–Crippen MR) is 131 cm³/mol. The average molecular weight is 422 g/mol. The van der Waals surface area contributed by atoms with Crippen LogP contribution in [0.25, 0.3) is 0 Å². The lowest BCUT2D eigenvalue weighted by atomic mass is 9.86. The van der Waals surface area contributed by atoms with Crippen molar-refractivity contribution in [3.05, 3.63) is 71.3 Å². The lowest BCUT2D eigenvalue weighted by molar-refractivity contribution is 0.418. The van der Waals surface area contributed by atoms with Gasteiger partial charge in [-0.05, 0) is 61.3 Å². The number of anilines is 1. The summed E-state index contributed by atoms with van der Waals surface area (Å²) in [7, 11) is 2.58. The van der Waals surface area contributed by atoms with Gasteiger partial charge in [0.25, 0.3) is 0 Å². The van der Waals surface area contributed by atoms with Crippen LogP contribution in [0, 0.1) is 13.8 Å². The normalized spacial score (nSPS) is 12.5. The number of phenols is 1. The van der Waals surface area contributed by atoms with Crippen LogP contribution in [0.5, 0.6) is 11.5 Å². The van der Waals surface area contributed by atoms with Crippen LogP contribution in [0.2, 0.25) is 0 Å². The molecule has 3 aromatic carbocycles. The van der Waals surface area contributed by atoms with Crippen LogP contribution < -0.4 is 26.0 Å². The summed E-state index contributed by atoms with van der Waals surface area (Å²) in [6.45, 7) is 10.7. The Balaban J connectivity index is 2.44. The van der Waals surface area contributed by atoms with Gasteiger partial charge in [-0.15, -0.1) is 0 Å². The minimum atomic E-state index is -1.06. The Hall–Kier alpha value is -2.51. The van der Waals surface area contributed by atoms with Crippen LogP contribution >= 0.6 is 7.92 Å². The molecule has 0 radical (unpaired) electrons. The standard InChI is InChI=1S/C26H32NO2P/c1-17-11-8-12-18(2)24(17)30(25-20(27-6)14-10-15-21(25)29-7)22-16-9-13-19(23(22)28)26(3,4)5/h8-16,27-28H,1-7H3. The Labute approximate surface area is 181 Å². The Kier molecular flexibility index (Phi) is 6.43. The molecule has 4 heteroatoms. The van der Waals surface area contributed by atoms with E-state index in [2.05, 4.69) is 76.3 Å². The highest BCUT2D eigenvalue weighted by Crippen LogP contribution is 2.45. The third kappa shape index (κ3) is 4.04. The van der Waals surface area contributed by atoms with E-state index in [1.807, 2.05) is 25.2 Å². The first-order valence-electron chi connectivity index (χ1n) is 10.2. The van der Waals surface area contributed by atoms with E-state index in [9.17, 15) is 5.11 Å². The van der Waals surface area contributed by atoms with Crippen molar-refractivity contribution >= 4 is 29.5 Å². The zero-order valence-corrected chi connectivity index (χ0v) is 19.9. The second-order valence-electron chi connectivity index (χ2n) is 8.61. The topological polar surface area (TPSA) is 41.5 Å². The van der Waals surface area contributed by atoms with E-state index in [0.717, 1.165) is 27.6 Å². The summed E-state index contributed by atoms with van der Waals surface area (Å²) in [5.41, 5.74) is 4.25. The lowest BCUT2D eigenvalue weighted by Crippen LogP contribution is -2.28. The van der Waals surface area contributed by atoms with E-state index in [4.69, 9.17) is 4.74 Å². The molecule has 3 aromatic rings. The van der Waals surface area contributed by atoms with Crippen molar-refractivity contribution in [2.45, 2.75) is 40.0 Å². The third-order valence-corrected chi connectivity index (χ3v) is 8.34. The first-order chi connectivity index (χ1) is 14.2. The molecule has 30 heavy (non-hydrogen) atoms. The summed E-state index contributed by atoms with van der Waals surface area (Å²) in [4.78, 5) is 0. The highest BCUT2D eigenvalue weighted by Gasteiger charge is 2.30. The quantitative estimate of drug-likeness (QED) is 0.562. The van der Waals surface area contributed by atoms with Crippen LogP contribution in [-0.4, -0.2) is 19.3 Å². The maximum Gasteiger partial charge on any atom is 0.129 e. The van der Waals surface area contributed by atoms with Crippen molar-refractivity contribution in [1.82, 2.24) is 0 Å². The van der Waals surface area contributed by atoms with Gasteiger partial charge in [0.2, 0.25) is 0 Å². The van der Waals surface area contributed by atoms with E-state index in [1.54, 1.807) is 7.11 Å². The minimum Gasteiger partial charge on any atom is -0.507 e. The molecule has 1 atom stereocenters. The average Bonchev–Trinajstić information content (AvgIpc) is 2.70. The van der Waals surface area contributed by atoms with Gasteiger partial charge in [0, 0.05) is 23.3 Å². The number of phenolic OH excluding ortho intramolecular Hbond substituents is 1. The molecular formula is C26H32NO2P. The zero-order chi connectivity index (χ0) is 22.1. The summed E-state index contributed by atoms with van der Waals surface area (Å²) in [6.07, 6.45) is 0. The Morgan fingerprint density at radius 1 is 0.867 bits per heavy atom. The third-order valence-electron chi connectivity index (χ3n) is 5.44. The van der Waals surface area contributed by atoms with Crippen molar-refractivity contribution in [2.75, 3.05) is 19.5 Å². The molecular weight excluding hydrogens is 389 g/mol. The smallest absolute Gasteiger partial charge is 0.129 e. The molecule has 158 valence electrons. The van der Waals surface area contributed by atoms with Crippen LogP contribution in [0.3, 0.4) is 0 Å². The lowest BCUT2D eigenvalue weighted by Gasteiger charge is -2.29. The number of aromatic hydroxyl groups is 1. The number of methoxy groups -OCH3 is 1. The highest BCUT2D eigenvalue weighted by molar-refractivity contribution is 7.80. The largest absolute Gasteiger partial charge is 0.507 e. The number of rotatable bonds is 5. The van der Waals surface area contributed by atoms with Gasteiger partial charge in [0.1, 0.15) is 11.5 Å². The summed E-state index contributed by atoms with van der Waals surface area (Å²) in [6, 6.07) is 18.6. The van der Waals surface area contributed by atoms with E-state index >= 15 is 0 Å². The van der Waals surface area contributed by atoms with Crippen LogP contribution in [-0.2, 0) is 5.41 Å². The maximum atomic E-state index is 11.5. The molecule has 0 aliphatic heterocycles. The molecule has 0 spiro atoms. The Morgan fingerprint density at radius 3 is 2.03 bits per heavy atom. The summed E-state index contributed by atoms with van der Waals surface area (Å²) in [5.74, 6) is 1.21. The Bertz CT molecular complexity index is 1010. The molecule has 0 aliphatic rings. The molecule has 0 heterocycles. The van der Waals surface area contributed by atoms with Crippen molar-refractivity contribution < 1.29 is 9.84 Å². The van der Waals surface area contributed by atoms with Crippen molar-refractivity contribution in [2.24, 2.45) is 0 Å². The highest BCUT2D eigenvalue weighted by atomic mass is 31.1. The van der Waals surface area contributed by atoms with Crippen molar-refractivity contribution in [3.8, 4) is 11.5 Å². The molecule has 1 unspecified atom stereocenters. The predicted octanol–water partition coefficient (Wildman–Crippen LogP) is 5.12. The summed E-state index contributed by atoms with van der Waals surface area (Å²) < 4.78 is 5.82. The minimum absolute atomic E-state index is 0.158. The fourth-order valence-corrected chi connectivity index (χ4v) is 6.89. The zero-order valence-electron chi connectivity index (χ0n) is 19.0. The van der Waals surface area contributed by atoms with E-state index in [1.165, 1.54) is 16.4 Å². The molecule has 0 saturated heterocycles. The van der Waals surface area contributed by atoms with Gasteiger partial charge in [0.05, 0.1) is 7.11 Å². The fraction of sp³-hybridized carbons (Fsp3) is 0.308. The molecule has 0 bridgehead atoms. The molecule has 0 amide bonds. The van der Waals surface area contributed by atoms with Crippen LogP contribution in [0.1, 0.15) is 37.5 Å². The summed E-state index contributed by atoms with van der Waals surface area (Å²) >= 11 is 0. The number of hydrogen-bond acceptors (Lipinski definition) is 3. The van der Waals surface area contributed by atoms with Crippen molar-refractivity contribution in [3.63, 3.8) is 0 Å². The van der Waals surface area contributed by atoms with Crippen molar-refractivity contribution in [1.29, 1.82) is 0 Å². The molecule has 0 fully saturated rings. The van der Waals surface area contributed by atoms with Gasteiger partial charge in [-0.2, -0.15) is 0 Å². The van der Waals surface area contributed by atoms with Crippen LogP contribution in [0.4, 0.5) is 5.69 Å². The van der Waals surface area contributed by atoms with Gasteiger partial charge in [0.15, 0.2) is 0 Å². The second kappa shape index (κ2) is 8.70. The number of para-hydroxylation sites is 1. The van der Waals surface area contributed by atoms with Gasteiger partial charge >= 0.3 is 0 Å². The fourth-order valence-electron chi connectivity index (χ4n) is 3.95. The van der Waals surface area contributed by atoms with E-state index in [0.29, 0.717) is 5.75 Å². The maximum absolute atomic E-state index is 11.5. The molecule has 3 rings (SSSR count). The van der Waals surface area contributed by atoms with Gasteiger partial charge < -0.3 is 15.2 Å². The molecule has 0 aromatic heterocycles. The number of aryl methyl sites for hydroxylation is 2. The van der Waals surface area contributed by atoms with E-state index in [-0.39, 0.29) is 5.41 Å². The van der Waals surface area contributed by atoms with Gasteiger partial charge in [-0.1, -0.05) is 63.2 Å². The molecule has 0 aliphatic carbocycles. The SMILES string of the molecule is CNc1cccc(OC)c1P(c1cccc(C(C)(C)C)c1O)c1c(C)cccc1C. The molecule has 2 N–H and O–H groups in total. The second-order valence-corrected chi connectivity index (χ2v) is 10.7.